The summed E-state index contributed by atoms with van der Waals surface area (Å²) in [6, 6.07) is 0.222. The molecule has 1 aromatic rings. The zero-order valence-electron chi connectivity index (χ0n) is 13.2. The SMILES string of the molecule is COCc1noc([C@@H](C)N[C@H]2CC(C)(C)OC2(C)C)n1. The Hall–Kier alpha value is -0.980. The van der Waals surface area contributed by atoms with Gasteiger partial charge >= 0.3 is 0 Å². The quantitative estimate of drug-likeness (QED) is 0.893. The summed E-state index contributed by atoms with van der Waals surface area (Å²) >= 11 is 0. The van der Waals surface area contributed by atoms with E-state index in [1.54, 1.807) is 7.11 Å². The van der Waals surface area contributed by atoms with Gasteiger partial charge < -0.3 is 19.3 Å². The first-order chi connectivity index (χ1) is 9.23. The number of hydrogen-bond acceptors (Lipinski definition) is 6. The molecule has 0 spiro atoms. The Kier molecular flexibility index (Phi) is 4.18. The van der Waals surface area contributed by atoms with Gasteiger partial charge in [0.05, 0.1) is 17.2 Å². The van der Waals surface area contributed by atoms with Crippen molar-refractivity contribution < 1.29 is 14.0 Å². The van der Waals surface area contributed by atoms with Crippen molar-refractivity contribution in [3.63, 3.8) is 0 Å². The average Bonchev–Trinajstić information content (AvgIpc) is 2.82. The van der Waals surface area contributed by atoms with E-state index in [1.807, 2.05) is 6.92 Å². The summed E-state index contributed by atoms with van der Waals surface area (Å²) < 4.78 is 16.3. The highest BCUT2D eigenvalue weighted by atomic mass is 16.5. The lowest BCUT2D eigenvalue weighted by molar-refractivity contribution is -0.0705. The van der Waals surface area contributed by atoms with Crippen LogP contribution in [0.1, 0.15) is 58.8 Å². The van der Waals surface area contributed by atoms with Crippen LogP contribution >= 0.6 is 0 Å². The number of ether oxygens (including phenoxy) is 2. The number of rotatable bonds is 5. The summed E-state index contributed by atoms with van der Waals surface area (Å²) in [6.45, 7) is 10.8. The third-order valence-electron chi connectivity index (χ3n) is 3.65. The molecule has 0 radical (unpaired) electrons. The van der Waals surface area contributed by atoms with Crippen molar-refractivity contribution in [1.82, 2.24) is 15.5 Å². The molecule has 1 aliphatic heterocycles. The fraction of sp³-hybridized carbons (Fsp3) is 0.857. The average molecular weight is 283 g/mol. The summed E-state index contributed by atoms with van der Waals surface area (Å²) in [7, 11) is 1.61. The van der Waals surface area contributed by atoms with E-state index in [1.165, 1.54) is 0 Å². The molecule has 0 bridgehead atoms. The molecule has 0 saturated carbocycles. The van der Waals surface area contributed by atoms with E-state index < -0.39 is 0 Å². The smallest absolute Gasteiger partial charge is 0.243 e. The van der Waals surface area contributed by atoms with Crippen LogP contribution in [0.25, 0.3) is 0 Å². The van der Waals surface area contributed by atoms with Crippen molar-refractivity contribution >= 4 is 0 Å². The van der Waals surface area contributed by atoms with E-state index >= 15 is 0 Å². The van der Waals surface area contributed by atoms with Gasteiger partial charge in [0.25, 0.3) is 0 Å². The fourth-order valence-electron chi connectivity index (χ4n) is 2.83. The van der Waals surface area contributed by atoms with Gasteiger partial charge in [0.2, 0.25) is 5.89 Å². The lowest BCUT2D eigenvalue weighted by atomic mass is 9.94. The predicted octanol–water partition coefficient (Wildman–Crippen LogP) is 2.21. The maximum absolute atomic E-state index is 6.08. The highest BCUT2D eigenvalue weighted by molar-refractivity contribution is 5.01. The van der Waals surface area contributed by atoms with Gasteiger partial charge in [-0.1, -0.05) is 5.16 Å². The summed E-state index contributed by atoms with van der Waals surface area (Å²) in [5.41, 5.74) is -0.329. The van der Waals surface area contributed by atoms with Crippen molar-refractivity contribution in [2.75, 3.05) is 7.11 Å². The Morgan fingerprint density at radius 1 is 1.40 bits per heavy atom. The van der Waals surface area contributed by atoms with Crippen LogP contribution in [0.5, 0.6) is 0 Å². The number of aromatic nitrogens is 2. The fourth-order valence-corrected chi connectivity index (χ4v) is 2.83. The maximum atomic E-state index is 6.08. The van der Waals surface area contributed by atoms with Crippen LogP contribution in [0.3, 0.4) is 0 Å². The molecule has 2 heterocycles. The lowest BCUT2D eigenvalue weighted by Gasteiger charge is -2.29. The van der Waals surface area contributed by atoms with Crippen LogP contribution in [0.4, 0.5) is 0 Å². The molecule has 114 valence electrons. The normalized spacial score (nSPS) is 25.8. The monoisotopic (exact) mass is 283 g/mol. The number of hydrogen-bond donors (Lipinski definition) is 1. The van der Waals surface area contributed by atoms with Crippen LogP contribution in [-0.2, 0) is 16.1 Å². The molecule has 6 heteroatoms. The molecular formula is C14H25N3O3. The van der Waals surface area contributed by atoms with Gasteiger partial charge in [-0.3, -0.25) is 0 Å². The Balaban J connectivity index is 2.02. The van der Waals surface area contributed by atoms with E-state index in [9.17, 15) is 0 Å². The molecule has 6 nitrogen and oxygen atoms in total. The van der Waals surface area contributed by atoms with Crippen LogP contribution in [-0.4, -0.2) is 34.5 Å². The summed E-state index contributed by atoms with van der Waals surface area (Å²) in [6.07, 6.45) is 0.948. The second-order valence-corrected chi connectivity index (χ2v) is 6.59. The number of nitrogens with zero attached hydrogens (tertiary/aromatic N) is 2. The van der Waals surface area contributed by atoms with Crippen molar-refractivity contribution in [3.05, 3.63) is 11.7 Å². The predicted molar refractivity (Wildman–Crippen MR) is 74.2 cm³/mol. The topological polar surface area (TPSA) is 69.4 Å². The highest BCUT2D eigenvalue weighted by Crippen LogP contribution is 2.38. The zero-order chi connectivity index (χ0) is 15.0. The van der Waals surface area contributed by atoms with E-state index in [2.05, 4.69) is 43.2 Å². The Morgan fingerprint density at radius 2 is 2.10 bits per heavy atom. The van der Waals surface area contributed by atoms with Gasteiger partial charge in [-0.15, -0.1) is 0 Å². The number of nitrogens with one attached hydrogen (secondary N) is 1. The van der Waals surface area contributed by atoms with Gasteiger partial charge in [0.15, 0.2) is 5.82 Å². The van der Waals surface area contributed by atoms with E-state index in [-0.39, 0.29) is 23.3 Å². The Bertz CT molecular complexity index is 456. The van der Waals surface area contributed by atoms with E-state index in [0.29, 0.717) is 18.3 Å². The van der Waals surface area contributed by atoms with E-state index in [4.69, 9.17) is 14.0 Å². The molecule has 20 heavy (non-hydrogen) atoms. The molecule has 2 rings (SSSR count). The molecule has 0 aromatic carbocycles. The van der Waals surface area contributed by atoms with Gasteiger partial charge in [-0.2, -0.15) is 4.98 Å². The molecule has 0 amide bonds. The largest absolute Gasteiger partial charge is 0.377 e. The third-order valence-corrected chi connectivity index (χ3v) is 3.65. The first-order valence-corrected chi connectivity index (χ1v) is 7.01. The van der Waals surface area contributed by atoms with E-state index in [0.717, 1.165) is 6.42 Å². The summed E-state index contributed by atoms with van der Waals surface area (Å²) in [4.78, 5) is 4.32. The molecule has 2 atom stereocenters. The molecule has 1 saturated heterocycles. The van der Waals surface area contributed by atoms with Crippen LogP contribution < -0.4 is 5.32 Å². The van der Waals surface area contributed by atoms with Gasteiger partial charge in [0.1, 0.15) is 6.61 Å². The standard InChI is InChI=1S/C14H25N3O3/c1-9(12-16-11(8-18-6)17-19-12)15-10-7-13(2,3)20-14(10,4)5/h9-10,15H,7-8H2,1-6H3/t9-,10+/m1/s1. The Labute approximate surface area is 120 Å². The second-order valence-electron chi connectivity index (χ2n) is 6.59. The zero-order valence-corrected chi connectivity index (χ0v) is 13.2. The minimum atomic E-state index is -0.215. The first kappa shape index (κ1) is 15.4. The molecule has 0 aliphatic carbocycles. The Morgan fingerprint density at radius 3 is 2.65 bits per heavy atom. The number of methoxy groups -OCH3 is 1. The highest BCUT2D eigenvalue weighted by Gasteiger charge is 2.46. The molecular weight excluding hydrogens is 258 g/mol. The molecule has 1 N–H and O–H groups in total. The van der Waals surface area contributed by atoms with Crippen LogP contribution in [0.2, 0.25) is 0 Å². The third kappa shape index (κ3) is 3.37. The van der Waals surface area contributed by atoms with Crippen molar-refractivity contribution in [2.45, 2.75) is 70.9 Å². The maximum Gasteiger partial charge on any atom is 0.243 e. The van der Waals surface area contributed by atoms with Crippen LogP contribution in [0, 0.1) is 0 Å². The summed E-state index contributed by atoms with van der Waals surface area (Å²) in [5, 5.41) is 7.42. The van der Waals surface area contributed by atoms with Crippen molar-refractivity contribution in [1.29, 1.82) is 0 Å². The second kappa shape index (κ2) is 5.42. The minimum absolute atomic E-state index is 0.0186. The van der Waals surface area contributed by atoms with Crippen molar-refractivity contribution in [3.8, 4) is 0 Å². The first-order valence-electron chi connectivity index (χ1n) is 7.01. The lowest BCUT2D eigenvalue weighted by Crippen LogP contribution is -2.44. The van der Waals surface area contributed by atoms with Gasteiger partial charge in [-0.05, 0) is 41.0 Å². The molecule has 1 aromatic heterocycles. The van der Waals surface area contributed by atoms with Crippen LogP contribution in [0.15, 0.2) is 4.52 Å². The molecule has 0 unspecified atom stereocenters. The summed E-state index contributed by atoms with van der Waals surface area (Å²) in [5.74, 6) is 1.15. The van der Waals surface area contributed by atoms with Gasteiger partial charge in [-0.25, -0.2) is 0 Å². The molecule has 1 aliphatic rings. The van der Waals surface area contributed by atoms with Crippen molar-refractivity contribution in [2.24, 2.45) is 0 Å². The molecule has 1 fully saturated rings. The van der Waals surface area contributed by atoms with Gasteiger partial charge in [0, 0.05) is 13.2 Å². The minimum Gasteiger partial charge on any atom is -0.377 e.